The molecule has 0 aliphatic carbocycles. The van der Waals surface area contributed by atoms with Crippen molar-refractivity contribution in [2.45, 2.75) is 33.2 Å². The van der Waals surface area contributed by atoms with E-state index < -0.39 is 0 Å². The maximum atomic E-state index is 3.48. The van der Waals surface area contributed by atoms with Crippen LogP contribution in [0.4, 0.5) is 0 Å². The molecule has 2 aromatic rings. The van der Waals surface area contributed by atoms with Crippen LogP contribution in [-0.4, -0.2) is 17.7 Å². The molecule has 0 saturated carbocycles. The highest BCUT2D eigenvalue weighted by Gasteiger charge is 2.01. The number of fused-ring (bicyclic) bond motifs is 1. The number of hydrogen-bond acceptors (Lipinski definition) is 1. The van der Waals surface area contributed by atoms with Crippen molar-refractivity contribution in [3.8, 4) is 0 Å². The van der Waals surface area contributed by atoms with E-state index in [9.17, 15) is 0 Å². The van der Waals surface area contributed by atoms with Crippen LogP contribution in [0.3, 0.4) is 0 Å². The lowest BCUT2D eigenvalue weighted by Crippen LogP contribution is -2.20. The molecule has 0 aliphatic heterocycles. The third kappa shape index (κ3) is 2.89. The molecule has 17 heavy (non-hydrogen) atoms. The molecular formula is C15H22N2. The summed E-state index contributed by atoms with van der Waals surface area (Å²) in [6.45, 7) is 7.64. The maximum absolute atomic E-state index is 3.48. The lowest BCUT2D eigenvalue weighted by molar-refractivity contribution is 0.588. The summed E-state index contributed by atoms with van der Waals surface area (Å²) in [5.41, 5.74) is 2.71. The minimum absolute atomic E-state index is 1.05. The molecule has 0 saturated heterocycles. The Labute approximate surface area is 104 Å². The number of hydrogen-bond donors (Lipinski definition) is 1. The van der Waals surface area contributed by atoms with E-state index in [2.05, 4.69) is 54.2 Å². The van der Waals surface area contributed by atoms with Gasteiger partial charge in [0.05, 0.1) is 0 Å². The van der Waals surface area contributed by atoms with Crippen molar-refractivity contribution < 1.29 is 0 Å². The van der Waals surface area contributed by atoms with Gasteiger partial charge in [0.15, 0.2) is 0 Å². The summed E-state index contributed by atoms with van der Waals surface area (Å²) in [6.07, 6.45) is 4.73. The van der Waals surface area contributed by atoms with Gasteiger partial charge < -0.3 is 9.88 Å². The van der Waals surface area contributed by atoms with E-state index in [0.29, 0.717) is 0 Å². The SMILES string of the molecule is CCCCNCCn1ccc2c(C)cccc21. The van der Waals surface area contributed by atoms with Crippen LogP contribution in [0.2, 0.25) is 0 Å². The Hall–Kier alpha value is -1.28. The van der Waals surface area contributed by atoms with Gasteiger partial charge in [-0.05, 0) is 37.6 Å². The molecular weight excluding hydrogens is 208 g/mol. The molecule has 2 heteroatoms. The van der Waals surface area contributed by atoms with Crippen molar-refractivity contribution >= 4 is 10.9 Å². The van der Waals surface area contributed by atoms with Crippen LogP contribution < -0.4 is 5.32 Å². The highest BCUT2D eigenvalue weighted by Crippen LogP contribution is 2.19. The first-order valence-electron chi connectivity index (χ1n) is 6.58. The van der Waals surface area contributed by atoms with Crippen LogP contribution in [0.15, 0.2) is 30.5 Å². The quantitative estimate of drug-likeness (QED) is 0.753. The highest BCUT2D eigenvalue weighted by atomic mass is 15.0. The van der Waals surface area contributed by atoms with Crippen LogP contribution in [0.5, 0.6) is 0 Å². The summed E-state index contributed by atoms with van der Waals surface area (Å²) in [6, 6.07) is 8.73. The molecule has 0 amide bonds. The molecule has 1 aromatic heterocycles. The summed E-state index contributed by atoms with van der Waals surface area (Å²) in [7, 11) is 0. The first kappa shape index (κ1) is 12.2. The van der Waals surface area contributed by atoms with Crippen LogP contribution in [0, 0.1) is 6.92 Å². The lowest BCUT2D eigenvalue weighted by Gasteiger charge is -2.07. The van der Waals surface area contributed by atoms with E-state index in [1.165, 1.54) is 29.3 Å². The summed E-state index contributed by atoms with van der Waals surface area (Å²) in [4.78, 5) is 0. The molecule has 1 N–H and O–H groups in total. The molecule has 1 aromatic carbocycles. The third-order valence-electron chi connectivity index (χ3n) is 3.27. The predicted molar refractivity (Wildman–Crippen MR) is 74.5 cm³/mol. The predicted octanol–water partition coefficient (Wildman–Crippen LogP) is 3.34. The van der Waals surface area contributed by atoms with Gasteiger partial charge in [-0.25, -0.2) is 0 Å². The Bertz CT molecular complexity index is 471. The average molecular weight is 230 g/mol. The topological polar surface area (TPSA) is 17.0 Å². The first-order chi connectivity index (χ1) is 8.33. The highest BCUT2D eigenvalue weighted by molar-refractivity contribution is 5.83. The van der Waals surface area contributed by atoms with Gasteiger partial charge in [-0.15, -0.1) is 0 Å². The summed E-state index contributed by atoms with van der Waals surface area (Å²) in [5.74, 6) is 0. The fourth-order valence-corrected chi connectivity index (χ4v) is 2.20. The molecule has 0 atom stereocenters. The van der Waals surface area contributed by atoms with Gasteiger partial charge in [0.1, 0.15) is 0 Å². The van der Waals surface area contributed by atoms with Crippen molar-refractivity contribution in [2.24, 2.45) is 0 Å². The monoisotopic (exact) mass is 230 g/mol. The second kappa shape index (κ2) is 5.87. The zero-order valence-electron chi connectivity index (χ0n) is 10.9. The standard InChI is InChI=1S/C15H22N2/c1-3-4-9-16-10-12-17-11-8-14-13(2)6-5-7-15(14)17/h5-8,11,16H,3-4,9-10,12H2,1-2H3. The van der Waals surface area contributed by atoms with Crippen molar-refractivity contribution in [2.75, 3.05) is 13.1 Å². The number of aryl methyl sites for hydroxylation is 1. The van der Waals surface area contributed by atoms with Crippen LogP contribution in [0.1, 0.15) is 25.3 Å². The second-order valence-electron chi connectivity index (χ2n) is 4.62. The van der Waals surface area contributed by atoms with Gasteiger partial charge in [-0.2, -0.15) is 0 Å². The van der Waals surface area contributed by atoms with E-state index in [-0.39, 0.29) is 0 Å². The van der Waals surface area contributed by atoms with Gasteiger partial charge in [0.25, 0.3) is 0 Å². The van der Waals surface area contributed by atoms with Crippen molar-refractivity contribution in [3.05, 3.63) is 36.0 Å². The molecule has 1 heterocycles. The minimum Gasteiger partial charge on any atom is -0.346 e. The maximum Gasteiger partial charge on any atom is 0.0483 e. The second-order valence-corrected chi connectivity index (χ2v) is 4.62. The molecule has 2 rings (SSSR count). The van der Waals surface area contributed by atoms with Crippen LogP contribution in [-0.2, 0) is 6.54 Å². The molecule has 0 radical (unpaired) electrons. The number of rotatable bonds is 6. The van der Waals surface area contributed by atoms with Gasteiger partial charge in [-0.1, -0.05) is 25.5 Å². The molecule has 0 fully saturated rings. The Balaban J connectivity index is 1.97. The molecule has 0 unspecified atom stereocenters. The molecule has 92 valence electrons. The minimum atomic E-state index is 1.05. The van der Waals surface area contributed by atoms with E-state index >= 15 is 0 Å². The van der Waals surface area contributed by atoms with E-state index in [0.717, 1.165) is 19.6 Å². The van der Waals surface area contributed by atoms with Gasteiger partial charge in [-0.3, -0.25) is 0 Å². The zero-order chi connectivity index (χ0) is 12.1. The smallest absolute Gasteiger partial charge is 0.0483 e. The molecule has 0 spiro atoms. The fraction of sp³-hybridized carbons (Fsp3) is 0.467. The number of nitrogens with one attached hydrogen (secondary N) is 1. The number of nitrogens with zero attached hydrogens (tertiary/aromatic N) is 1. The number of aromatic nitrogens is 1. The van der Waals surface area contributed by atoms with Crippen LogP contribution >= 0.6 is 0 Å². The fourth-order valence-electron chi connectivity index (χ4n) is 2.20. The summed E-state index contributed by atoms with van der Waals surface area (Å²) >= 11 is 0. The van der Waals surface area contributed by atoms with Gasteiger partial charge >= 0.3 is 0 Å². The first-order valence-corrected chi connectivity index (χ1v) is 6.58. The zero-order valence-corrected chi connectivity index (χ0v) is 10.9. The van der Waals surface area contributed by atoms with E-state index in [4.69, 9.17) is 0 Å². The third-order valence-corrected chi connectivity index (χ3v) is 3.27. The van der Waals surface area contributed by atoms with E-state index in [1.54, 1.807) is 0 Å². The molecule has 2 nitrogen and oxygen atoms in total. The summed E-state index contributed by atoms with van der Waals surface area (Å²) in [5, 5.41) is 4.86. The molecule has 0 aliphatic rings. The largest absolute Gasteiger partial charge is 0.346 e. The van der Waals surface area contributed by atoms with Crippen molar-refractivity contribution in [1.29, 1.82) is 0 Å². The summed E-state index contributed by atoms with van der Waals surface area (Å²) < 4.78 is 2.33. The van der Waals surface area contributed by atoms with Crippen molar-refractivity contribution in [1.82, 2.24) is 9.88 Å². The Kier molecular flexibility index (Phi) is 4.21. The molecule has 0 bridgehead atoms. The lowest BCUT2D eigenvalue weighted by atomic mass is 10.1. The van der Waals surface area contributed by atoms with Crippen molar-refractivity contribution in [3.63, 3.8) is 0 Å². The average Bonchev–Trinajstić information content (AvgIpc) is 2.74. The Morgan fingerprint density at radius 2 is 2.06 bits per heavy atom. The number of benzene rings is 1. The van der Waals surface area contributed by atoms with Crippen LogP contribution in [0.25, 0.3) is 10.9 Å². The van der Waals surface area contributed by atoms with Gasteiger partial charge in [0.2, 0.25) is 0 Å². The normalized spacial score (nSPS) is 11.2. The Morgan fingerprint density at radius 1 is 1.18 bits per heavy atom. The Morgan fingerprint density at radius 3 is 2.88 bits per heavy atom. The van der Waals surface area contributed by atoms with Gasteiger partial charge in [0, 0.05) is 30.2 Å². The number of unbranched alkanes of at least 4 members (excludes halogenated alkanes) is 1. The van der Waals surface area contributed by atoms with E-state index in [1.807, 2.05) is 0 Å².